The van der Waals surface area contributed by atoms with Gasteiger partial charge in [-0.2, -0.15) is 0 Å². The second-order valence-corrected chi connectivity index (χ2v) is 6.94. The maximum absolute atomic E-state index is 13.7. The van der Waals surface area contributed by atoms with Crippen LogP contribution in [-0.4, -0.2) is 28.8 Å². The van der Waals surface area contributed by atoms with Crippen LogP contribution in [0, 0.1) is 6.92 Å². The molecular formula is C22H24N2O. The van der Waals surface area contributed by atoms with Crippen LogP contribution >= 0.6 is 0 Å². The Labute approximate surface area is 148 Å². The van der Waals surface area contributed by atoms with E-state index in [2.05, 4.69) is 22.0 Å². The van der Waals surface area contributed by atoms with Crippen molar-refractivity contribution in [2.24, 2.45) is 0 Å². The number of aromatic amines is 1. The molecule has 0 aliphatic carbocycles. The van der Waals surface area contributed by atoms with E-state index in [1.54, 1.807) is 0 Å². The molecule has 0 spiro atoms. The van der Waals surface area contributed by atoms with Gasteiger partial charge in [-0.05, 0) is 44.5 Å². The molecule has 3 heteroatoms. The first-order chi connectivity index (χ1) is 12.3. The van der Waals surface area contributed by atoms with Crippen LogP contribution < -0.4 is 0 Å². The Morgan fingerprint density at radius 3 is 2.40 bits per heavy atom. The number of Topliss-reactive ketones (excluding diaryl/α,β-unsaturated/α-hetero) is 1. The highest BCUT2D eigenvalue weighted by Crippen LogP contribution is 2.32. The molecule has 1 aromatic heterocycles. The van der Waals surface area contributed by atoms with Crippen molar-refractivity contribution in [3.63, 3.8) is 0 Å². The predicted octanol–water partition coefficient (Wildman–Crippen LogP) is 4.89. The maximum Gasteiger partial charge on any atom is 0.186 e. The lowest BCUT2D eigenvalue weighted by molar-refractivity contribution is 0.0784. The number of aromatic nitrogens is 1. The minimum absolute atomic E-state index is 0.195. The number of benzene rings is 2. The predicted molar refractivity (Wildman–Crippen MR) is 102 cm³/mol. The molecule has 0 bridgehead atoms. The van der Waals surface area contributed by atoms with Crippen molar-refractivity contribution >= 4 is 16.7 Å². The number of carbonyl (C=O) groups is 1. The summed E-state index contributed by atoms with van der Waals surface area (Å²) >= 11 is 0. The van der Waals surface area contributed by atoms with E-state index in [1.165, 1.54) is 19.3 Å². The molecule has 0 saturated carbocycles. The van der Waals surface area contributed by atoms with E-state index in [0.717, 1.165) is 40.8 Å². The van der Waals surface area contributed by atoms with E-state index in [1.807, 2.05) is 49.4 Å². The van der Waals surface area contributed by atoms with Crippen LogP contribution in [0.25, 0.3) is 10.9 Å². The molecule has 1 saturated heterocycles. The van der Waals surface area contributed by atoms with Gasteiger partial charge in [-0.3, -0.25) is 9.69 Å². The van der Waals surface area contributed by atoms with Gasteiger partial charge in [-0.1, -0.05) is 55.0 Å². The number of likely N-dealkylation sites (tertiary alicyclic amines) is 1. The number of fused-ring (bicyclic) bond motifs is 1. The number of carbonyl (C=O) groups excluding carboxylic acids is 1. The second-order valence-electron chi connectivity index (χ2n) is 6.94. The number of H-pyrrole nitrogens is 1. The number of piperidine rings is 1. The van der Waals surface area contributed by atoms with Crippen molar-refractivity contribution in [1.29, 1.82) is 0 Å². The topological polar surface area (TPSA) is 36.1 Å². The molecule has 4 rings (SSSR count). The van der Waals surface area contributed by atoms with E-state index in [0.29, 0.717) is 0 Å². The molecule has 128 valence electrons. The maximum atomic E-state index is 13.7. The third-order valence-corrected chi connectivity index (χ3v) is 5.26. The first-order valence-electron chi connectivity index (χ1n) is 9.16. The normalized spacial score (nSPS) is 16.8. The zero-order valence-corrected chi connectivity index (χ0v) is 14.7. The Bertz CT molecular complexity index is 875. The van der Waals surface area contributed by atoms with Gasteiger partial charge in [-0.25, -0.2) is 0 Å². The third kappa shape index (κ3) is 3.00. The Hall–Kier alpha value is -2.39. The number of nitrogens with one attached hydrogen (secondary N) is 1. The summed E-state index contributed by atoms with van der Waals surface area (Å²) in [6, 6.07) is 18.1. The number of ketones is 1. The van der Waals surface area contributed by atoms with E-state index in [-0.39, 0.29) is 11.8 Å². The molecule has 1 aliphatic heterocycles. The van der Waals surface area contributed by atoms with Crippen LogP contribution in [0.4, 0.5) is 0 Å². The molecule has 1 fully saturated rings. The minimum atomic E-state index is -0.195. The van der Waals surface area contributed by atoms with E-state index in [9.17, 15) is 4.79 Å². The van der Waals surface area contributed by atoms with Gasteiger partial charge >= 0.3 is 0 Å². The largest absolute Gasteiger partial charge is 0.358 e. The number of hydrogen-bond donors (Lipinski definition) is 1. The average molecular weight is 332 g/mol. The molecule has 3 nitrogen and oxygen atoms in total. The fraction of sp³-hybridized carbons (Fsp3) is 0.318. The zero-order valence-electron chi connectivity index (χ0n) is 14.7. The Morgan fingerprint density at radius 2 is 1.64 bits per heavy atom. The van der Waals surface area contributed by atoms with Crippen LogP contribution in [-0.2, 0) is 0 Å². The molecule has 1 N–H and O–H groups in total. The summed E-state index contributed by atoms with van der Waals surface area (Å²) < 4.78 is 0. The molecule has 2 aromatic carbocycles. The van der Waals surface area contributed by atoms with Crippen molar-refractivity contribution in [3.05, 3.63) is 71.4 Å². The number of hydrogen-bond acceptors (Lipinski definition) is 2. The molecule has 2 heterocycles. The van der Waals surface area contributed by atoms with Crippen molar-refractivity contribution in [1.82, 2.24) is 9.88 Å². The van der Waals surface area contributed by atoms with Gasteiger partial charge in [0.05, 0.1) is 6.04 Å². The van der Waals surface area contributed by atoms with Gasteiger partial charge in [0.1, 0.15) is 0 Å². The summed E-state index contributed by atoms with van der Waals surface area (Å²) in [4.78, 5) is 19.4. The van der Waals surface area contributed by atoms with Gasteiger partial charge in [0.2, 0.25) is 0 Å². The van der Waals surface area contributed by atoms with Gasteiger partial charge in [0.15, 0.2) is 5.78 Å². The van der Waals surface area contributed by atoms with Crippen LogP contribution in [0.2, 0.25) is 0 Å². The van der Waals surface area contributed by atoms with Crippen LogP contribution in [0.1, 0.15) is 46.9 Å². The second kappa shape index (κ2) is 6.85. The molecule has 1 unspecified atom stereocenters. The fourth-order valence-electron chi connectivity index (χ4n) is 4.07. The van der Waals surface area contributed by atoms with Crippen molar-refractivity contribution in [2.75, 3.05) is 13.1 Å². The van der Waals surface area contributed by atoms with Gasteiger partial charge in [0, 0.05) is 22.2 Å². The number of para-hydroxylation sites is 1. The lowest BCUT2D eigenvalue weighted by Gasteiger charge is -2.34. The quantitative estimate of drug-likeness (QED) is 0.691. The van der Waals surface area contributed by atoms with E-state index < -0.39 is 0 Å². The summed E-state index contributed by atoms with van der Waals surface area (Å²) in [7, 11) is 0. The Morgan fingerprint density at radius 1 is 0.960 bits per heavy atom. The Balaban J connectivity index is 1.80. The fourth-order valence-corrected chi connectivity index (χ4v) is 4.07. The van der Waals surface area contributed by atoms with E-state index >= 15 is 0 Å². The number of nitrogens with zero attached hydrogens (tertiary/aromatic N) is 1. The summed E-state index contributed by atoms with van der Waals surface area (Å²) in [6.07, 6.45) is 3.60. The lowest BCUT2D eigenvalue weighted by Crippen LogP contribution is -2.38. The first kappa shape index (κ1) is 16.1. The van der Waals surface area contributed by atoms with Gasteiger partial charge < -0.3 is 4.98 Å². The van der Waals surface area contributed by atoms with Crippen LogP contribution in [0.3, 0.4) is 0 Å². The standard InChI is InChI=1S/C22H24N2O/c1-16-20(18-12-6-7-13-19(18)23-16)22(25)21(17-10-4-2-5-11-17)24-14-8-3-9-15-24/h2,4-7,10-13,21,23H,3,8-9,14-15H2,1H3. The smallest absolute Gasteiger partial charge is 0.186 e. The van der Waals surface area contributed by atoms with Crippen LogP contribution in [0.5, 0.6) is 0 Å². The third-order valence-electron chi connectivity index (χ3n) is 5.26. The van der Waals surface area contributed by atoms with E-state index in [4.69, 9.17) is 0 Å². The summed E-state index contributed by atoms with van der Waals surface area (Å²) in [5, 5.41) is 1.03. The van der Waals surface area contributed by atoms with Crippen molar-refractivity contribution in [3.8, 4) is 0 Å². The molecular weight excluding hydrogens is 308 g/mol. The van der Waals surface area contributed by atoms with Gasteiger partial charge in [0.25, 0.3) is 0 Å². The molecule has 25 heavy (non-hydrogen) atoms. The first-order valence-corrected chi connectivity index (χ1v) is 9.16. The minimum Gasteiger partial charge on any atom is -0.358 e. The molecule has 1 atom stereocenters. The number of aryl methyl sites for hydroxylation is 1. The molecule has 1 aliphatic rings. The summed E-state index contributed by atoms with van der Waals surface area (Å²) in [5.41, 5.74) is 3.94. The number of rotatable bonds is 4. The highest BCUT2D eigenvalue weighted by Gasteiger charge is 2.31. The van der Waals surface area contributed by atoms with Crippen molar-refractivity contribution < 1.29 is 4.79 Å². The summed E-state index contributed by atoms with van der Waals surface area (Å²) in [5.74, 6) is 0.211. The highest BCUT2D eigenvalue weighted by molar-refractivity contribution is 6.11. The van der Waals surface area contributed by atoms with Crippen LogP contribution in [0.15, 0.2) is 54.6 Å². The SMILES string of the molecule is Cc1[nH]c2ccccc2c1C(=O)C(c1ccccc1)N1CCCCC1. The molecule has 3 aromatic rings. The Kier molecular flexibility index (Phi) is 4.41. The molecule has 0 radical (unpaired) electrons. The van der Waals surface area contributed by atoms with Gasteiger partial charge in [-0.15, -0.1) is 0 Å². The summed E-state index contributed by atoms with van der Waals surface area (Å²) in [6.45, 7) is 3.99. The van der Waals surface area contributed by atoms with Crippen molar-refractivity contribution in [2.45, 2.75) is 32.2 Å². The average Bonchev–Trinajstić information content (AvgIpc) is 2.99. The lowest BCUT2D eigenvalue weighted by atomic mass is 9.92. The highest BCUT2D eigenvalue weighted by atomic mass is 16.1. The zero-order chi connectivity index (χ0) is 17.2. The molecule has 0 amide bonds. The monoisotopic (exact) mass is 332 g/mol.